The highest BCUT2D eigenvalue weighted by atomic mass is 16.8. The van der Waals surface area contributed by atoms with Gasteiger partial charge in [-0.3, -0.25) is 0 Å². The fourth-order valence-electron chi connectivity index (χ4n) is 4.50. The predicted molar refractivity (Wildman–Crippen MR) is 121 cm³/mol. The smallest absolute Gasteiger partial charge is 0.190 e. The van der Waals surface area contributed by atoms with Crippen molar-refractivity contribution in [1.82, 2.24) is 5.32 Å². The summed E-state index contributed by atoms with van der Waals surface area (Å²) < 4.78 is 24.8. The van der Waals surface area contributed by atoms with Gasteiger partial charge in [0.05, 0.1) is 6.61 Å². The van der Waals surface area contributed by atoms with Crippen LogP contribution in [0.15, 0.2) is 30.3 Å². The van der Waals surface area contributed by atoms with E-state index in [1.165, 1.54) is 32.1 Å². The van der Waals surface area contributed by atoms with E-state index in [0.717, 1.165) is 18.5 Å². The molecule has 1 aromatic carbocycles. The van der Waals surface area contributed by atoms with Crippen molar-refractivity contribution in [2.45, 2.75) is 109 Å². The molecule has 6 nitrogen and oxygen atoms in total. The van der Waals surface area contributed by atoms with Crippen molar-refractivity contribution in [3.63, 3.8) is 0 Å². The van der Waals surface area contributed by atoms with E-state index in [-0.39, 0.29) is 31.0 Å². The summed E-state index contributed by atoms with van der Waals surface area (Å²) in [5, 5.41) is 13.3. The highest BCUT2D eigenvalue weighted by molar-refractivity contribution is 5.13. The standard InChI is InChI=1S/C25H41NO5/c1-4-5-6-7-8-12-16-26-20(15-17-27)21-22(28-18-19-13-10-9-11-14-19)23-24(29-21)31-25(2,3)30-23/h9-11,13-14,20-24,26-27H,4-8,12,15-18H2,1-3H3/t20?,21-,22+,23-,24-/m1/s1. The van der Waals surface area contributed by atoms with Gasteiger partial charge >= 0.3 is 0 Å². The molecule has 1 aromatic rings. The van der Waals surface area contributed by atoms with Crippen LogP contribution in [0, 0.1) is 0 Å². The number of ether oxygens (including phenoxy) is 4. The van der Waals surface area contributed by atoms with Crippen molar-refractivity contribution in [2.75, 3.05) is 13.2 Å². The summed E-state index contributed by atoms with van der Waals surface area (Å²) in [6, 6.07) is 10.1. The average molecular weight is 436 g/mol. The van der Waals surface area contributed by atoms with Crippen molar-refractivity contribution < 1.29 is 24.1 Å². The van der Waals surface area contributed by atoms with Gasteiger partial charge in [-0.05, 0) is 38.8 Å². The lowest BCUT2D eigenvalue weighted by molar-refractivity contribution is -0.222. The molecular formula is C25H41NO5. The van der Waals surface area contributed by atoms with Gasteiger partial charge in [0.15, 0.2) is 12.1 Å². The summed E-state index contributed by atoms with van der Waals surface area (Å²) in [7, 11) is 0. The number of hydrogen-bond acceptors (Lipinski definition) is 6. The van der Waals surface area contributed by atoms with E-state index >= 15 is 0 Å². The normalized spacial score (nSPS) is 28.0. The predicted octanol–water partition coefficient (Wildman–Crippen LogP) is 4.15. The van der Waals surface area contributed by atoms with Gasteiger partial charge in [-0.25, -0.2) is 0 Å². The number of aliphatic hydroxyl groups is 1. The third kappa shape index (κ3) is 7.24. The topological polar surface area (TPSA) is 69.2 Å². The van der Waals surface area contributed by atoms with E-state index in [2.05, 4.69) is 24.4 Å². The van der Waals surface area contributed by atoms with Gasteiger partial charge in [0, 0.05) is 12.6 Å². The third-order valence-electron chi connectivity index (χ3n) is 6.09. The number of benzene rings is 1. The number of fused-ring (bicyclic) bond motifs is 1. The maximum atomic E-state index is 9.68. The van der Waals surface area contributed by atoms with Crippen molar-refractivity contribution in [2.24, 2.45) is 0 Å². The molecule has 0 aromatic heterocycles. The second kappa shape index (κ2) is 12.3. The molecule has 2 saturated heterocycles. The van der Waals surface area contributed by atoms with Gasteiger partial charge in [0.25, 0.3) is 0 Å². The van der Waals surface area contributed by atoms with Gasteiger partial charge in [-0.1, -0.05) is 69.4 Å². The zero-order valence-electron chi connectivity index (χ0n) is 19.4. The maximum absolute atomic E-state index is 9.68. The largest absolute Gasteiger partial charge is 0.396 e. The van der Waals surface area contributed by atoms with Crippen molar-refractivity contribution in [3.8, 4) is 0 Å². The lowest BCUT2D eigenvalue weighted by Gasteiger charge is -2.31. The number of rotatable bonds is 14. The molecule has 2 fully saturated rings. The van der Waals surface area contributed by atoms with Crippen LogP contribution in [0.5, 0.6) is 0 Å². The molecule has 0 amide bonds. The lowest BCUT2D eigenvalue weighted by Crippen LogP contribution is -2.49. The maximum Gasteiger partial charge on any atom is 0.190 e. The van der Waals surface area contributed by atoms with Crippen molar-refractivity contribution >= 4 is 0 Å². The van der Waals surface area contributed by atoms with Crippen LogP contribution in [0.2, 0.25) is 0 Å². The first kappa shape index (κ1) is 24.6. The molecule has 0 spiro atoms. The fraction of sp³-hybridized carbons (Fsp3) is 0.760. The SMILES string of the molecule is CCCCCCCCNC(CCO)[C@H]1O[C@@H]2OC(C)(C)O[C@@H]2[C@H]1OCc1ccccc1. The molecule has 2 heterocycles. The minimum atomic E-state index is -0.687. The summed E-state index contributed by atoms with van der Waals surface area (Å²) in [4.78, 5) is 0. The van der Waals surface area contributed by atoms with Crippen LogP contribution in [-0.4, -0.2) is 54.7 Å². The Morgan fingerprint density at radius 2 is 1.81 bits per heavy atom. The molecule has 2 aliphatic heterocycles. The molecule has 5 atom stereocenters. The Morgan fingerprint density at radius 3 is 2.55 bits per heavy atom. The van der Waals surface area contributed by atoms with Crippen LogP contribution in [0.1, 0.15) is 71.3 Å². The van der Waals surface area contributed by atoms with E-state index < -0.39 is 12.1 Å². The van der Waals surface area contributed by atoms with Gasteiger partial charge in [0.2, 0.25) is 0 Å². The molecule has 6 heteroatoms. The monoisotopic (exact) mass is 435 g/mol. The molecule has 3 rings (SSSR count). The van der Waals surface area contributed by atoms with Gasteiger partial charge in [-0.15, -0.1) is 0 Å². The Morgan fingerprint density at radius 1 is 1.06 bits per heavy atom. The molecule has 0 saturated carbocycles. The number of aliphatic hydroxyl groups excluding tert-OH is 1. The molecule has 0 bridgehead atoms. The molecule has 176 valence electrons. The molecule has 0 aliphatic carbocycles. The molecule has 31 heavy (non-hydrogen) atoms. The Bertz CT molecular complexity index is 626. The first-order valence-electron chi connectivity index (χ1n) is 12.0. The minimum absolute atomic E-state index is 0.0117. The zero-order valence-corrected chi connectivity index (χ0v) is 19.4. The van der Waals surface area contributed by atoms with Crippen LogP contribution in [0.3, 0.4) is 0 Å². The summed E-state index contributed by atoms with van der Waals surface area (Å²) in [6.45, 7) is 7.54. The Kier molecular flexibility index (Phi) is 9.75. The molecule has 2 N–H and O–H groups in total. The van der Waals surface area contributed by atoms with E-state index in [4.69, 9.17) is 18.9 Å². The first-order valence-corrected chi connectivity index (χ1v) is 12.0. The van der Waals surface area contributed by atoms with Gasteiger partial charge in [0.1, 0.15) is 18.3 Å². The van der Waals surface area contributed by atoms with Crippen molar-refractivity contribution in [1.29, 1.82) is 0 Å². The highest BCUT2D eigenvalue weighted by Crippen LogP contribution is 2.40. The summed E-state index contributed by atoms with van der Waals surface area (Å²) in [5.74, 6) is -0.687. The highest BCUT2D eigenvalue weighted by Gasteiger charge is 2.56. The van der Waals surface area contributed by atoms with Crippen LogP contribution in [0.4, 0.5) is 0 Å². The van der Waals surface area contributed by atoms with Crippen LogP contribution in [0.25, 0.3) is 0 Å². The Balaban J connectivity index is 1.59. The van der Waals surface area contributed by atoms with Gasteiger partial charge < -0.3 is 29.4 Å². The second-order valence-corrected chi connectivity index (χ2v) is 9.17. The van der Waals surface area contributed by atoms with Crippen molar-refractivity contribution in [3.05, 3.63) is 35.9 Å². The fourth-order valence-corrected chi connectivity index (χ4v) is 4.50. The van der Waals surface area contributed by atoms with Crippen LogP contribution in [-0.2, 0) is 25.6 Å². The second-order valence-electron chi connectivity index (χ2n) is 9.17. The van der Waals surface area contributed by atoms with E-state index in [1.807, 2.05) is 32.0 Å². The van der Waals surface area contributed by atoms with E-state index in [9.17, 15) is 5.11 Å². The summed E-state index contributed by atoms with van der Waals surface area (Å²) in [5.41, 5.74) is 1.11. The molecule has 1 unspecified atom stereocenters. The van der Waals surface area contributed by atoms with Crippen LogP contribution < -0.4 is 5.32 Å². The quantitative estimate of drug-likeness (QED) is 0.428. The Hall–Kier alpha value is -1.02. The number of nitrogens with one attached hydrogen (secondary N) is 1. The van der Waals surface area contributed by atoms with E-state index in [0.29, 0.717) is 13.0 Å². The van der Waals surface area contributed by atoms with Gasteiger partial charge in [-0.2, -0.15) is 0 Å². The van der Waals surface area contributed by atoms with E-state index in [1.54, 1.807) is 0 Å². The number of unbranched alkanes of at least 4 members (excludes halogenated alkanes) is 5. The summed E-state index contributed by atoms with van der Waals surface area (Å²) >= 11 is 0. The zero-order chi connectivity index (χ0) is 22.1. The first-order chi connectivity index (χ1) is 15.0. The van der Waals surface area contributed by atoms with Crippen LogP contribution >= 0.6 is 0 Å². The Labute approximate surface area is 187 Å². The summed E-state index contributed by atoms with van der Waals surface area (Å²) in [6.07, 6.45) is 6.91. The molecule has 0 radical (unpaired) electrons. The molecule has 2 aliphatic rings. The third-order valence-corrected chi connectivity index (χ3v) is 6.09. The number of hydrogen-bond donors (Lipinski definition) is 2. The molecular weight excluding hydrogens is 394 g/mol. The average Bonchev–Trinajstić information content (AvgIpc) is 3.23. The lowest BCUT2D eigenvalue weighted by atomic mass is 10.00. The minimum Gasteiger partial charge on any atom is -0.396 e.